The number of carbonyl (C=O) groups excluding carboxylic acids is 11. The van der Waals surface area contributed by atoms with Crippen LogP contribution in [0.3, 0.4) is 0 Å². The lowest BCUT2D eigenvalue weighted by Crippen LogP contribution is -3.00. The van der Waals surface area contributed by atoms with Crippen molar-refractivity contribution < 1.29 is 250 Å². The summed E-state index contributed by atoms with van der Waals surface area (Å²) in [7, 11) is 0. The van der Waals surface area contributed by atoms with Gasteiger partial charge in [-0.2, -0.15) is 0 Å². The van der Waals surface area contributed by atoms with E-state index in [1.54, 1.807) is 0 Å². The summed E-state index contributed by atoms with van der Waals surface area (Å²) in [5.41, 5.74) is -61.7. The molecule has 0 aliphatic carbocycles. The Bertz CT molecular complexity index is 6700. The van der Waals surface area contributed by atoms with Crippen LogP contribution in [-0.4, -0.2) is 272 Å². The summed E-state index contributed by atoms with van der Waals surface area (Å²) in [6, 6.07) is -9.11. The summed E-state index contributed by atoms with van der Waals surface area (Å²) in [5, 5.41) is 396. The number of benzene rings is 11. The molecule has 0 radical (unpaired) electrons. The van der Waals surface area contributed by atoms with Crippen LogP contribution in [0.1, 0.15) is 114 Å². The van der Waals surface area contributed by atoms with Gasteiger partial charge in [-0.05, 0) is 133 Å². The highest BCUT2D eigenvalue weighted by Gasteiger charge is 3.01. The van der Waals surface area contributed by atoms with Crippen molar-refractivity contribution in [2.75, 3.05) is 0 Å². The second-order valence-corrected chi connectivity index (χ2v) is 28.5. The molecule has 12 rings (SSSR count). The van der Waals surface area contributed by atoms with Gasteiger partial charge in [0.15, 0.2) is 190 Å². The lowest BCUT2D eigenvalue weighted by molar-refractivity contribution is -0.399. The third-order valence-corrected chi connectivity index (χ3v) is 20.5. The molecule has 1 saturated heterocycles. The Kier molecular flexibility index (Phi) is 22.3. The molecular formula is C83H56O50. The number of esters is 4. The molecule has 1 heterocycles. The van der Waals surface area contributed by atoms with Gasteiger partial charge in [-0.25, -0.2) is 19.2 Å². The Morgan fingerprint density at radius 2 is 0.376 bits per heavy atom. The van der Waals surface area contributed by atoms with Gasteiger partial charge in [-0.3, -0.25) is 33.6 Å². The Balaban J connectivity index is 1.65. The topological polar surface area (TPSA) is 922 Å². The number of rotatable bonds is 23. The fourth-order valence-corrected chi connectivity index (χ4v) is 14.3. The van der Waals surface area contributed by atoms with Crippen molar-refractivity contribution in [1.82, 2.24) is 0 Å². The fraction of sp³-hybridized carbons (Fsp3) is 0.0723. The Morgan fingerprint density at radius 3 is 0.617 bits per heavy atom. The van der Waals surface area contributed by atoms with Gasteiger partial charge in [0.1, 0.15) is 0 Å². The lowest BCUT2D eigenvalue weighted by Gasteiger charge is -2.67. The number of hydrogen-bond donors (Lipinski definition) is 34. The molecule has 688 valence electrons. The van der Waals surface area contributed by atoms with Crippen LogP contribution >= 0.6 is 0 Å². The molecule has 0 bridgehead atoms. The number of Topliss-reactive ketones (excluding diaryl/α,β-unsaturated/α-hetero) is 7. The zero-order valence-electron chi connectivity index (χ0n) is 64.9. The summed E-state index contributed by atoms with van der Waals surface area (Å²) in [4.78, 5) is 200. The van der Waals surface area contributed by atoms with Crippen LogP contribution in [0.5, 0.6) is 190 Å². The first-order valence-corrected chi connectivity index (χ1v) is 35.8. The van der Waals surface area contributed by atoms with E-state index in [2.05, 4.69) is 0 Å². The minimum atomic E-state index is -7.33. The smallest absolute Gasteiger partial charge is 0.341 e. The molecule has 1 fully saturated rings. The molecule has 0 aromatic heterocycles. The van der Waals surface area contributed by atoms with Gasteiger partial charge in [0.05, 0.1) is 22.3 Å². The number of phenols is 33. The number of aliphatic hydroxyl groups is 1. The Labute approximate surface area is 730 Å². The summed E-state index contributed by atoms with van der Waals surface area (Å²) in [6.07, 6.45) is 0. The number of aromatic hydroxyl groups is 33. The molecule has 11 aromatic rings. The van der Waals surface area contributed by atoms with Crippen molar-refractivity contribution in [3.8, 4) is 190 Å². The van der Waals surface area contributed by atoms with Gasteiger partial charge < -0.3 is 197 Å². The highest BCUT2D eigenvalue weighted by Crippen LogP contribution is 2.69. The van der Waals surface area contributed by atoms with E-state index in [0.717, 1.165) is 0 Å². The summed E-state index contributed by atoms with van der Waals surface area (Å²) in [5.74, 6) is -115. The van der Waals surface area contributed by atoms with Crippen molar-refractivity contribution in [1.29, 1.82) is 0 Å². The molecule has 1 aliphatic heterocycles. The van der Waals surface area contributed by atoms with E-state index < -0.39 is 434 Å². The van der Waals surface area contributed by atoms with Crippen LogP contribution in [0, 0.1) is 0 Å². The van der Waals surface area contributed by atoms with Crippen molar-refractivity contribution in [3.63, 3.8) is 0 Å². The number of phenolic OH excluding ortho intramolecular Hbond substituents is 33. The van der Waals surface area contributed by atoms with Gasteiger partial charge in [-0.15, -0.1) is 0 Å². The van der Waals surface area contributed by atoms with E-state index >= 15 is 57.8 Å². The van der Waals surface area contributed by atoms with Crippen molar-refractivity contribution in [2.24, 2.45) is 0 Å². The van der Waals surface area contributed by atoms with Gasteiger partial charge >= 0.3 is 29.7 Å². The molecule has 5 atom stereocenters. The first kappa shape index (κ1) is 92.5. The molecule has 0 saturated carbocycles. The Hall–Kier alpha value is -19.7. The van der Waals surface area contributed by atoms with Gasteiger partial charge in [0.2, 0.25) is 46.1 Å². The zero-order valence-corrected chi connectivity index (χ0v) is 64.9. The molecule has 11 aromatic carbocycles. The maximum Gasteiger partial charge on any atom is 0.341 e. The highest BCUT2D eigenvalue weighted by atomic mass is 16.8. The summed E-state index contributed by atoms with van der Waals surface area (Å²) < 4.78 is 31.1. The van der Waals surface area contributed by atoms with Crippen LogP contribution in [-0.2, 0) is 23.7 Å². The maximum atomic E-state index is 19.4. The molecule has 5 unspecified atom stereocenters. The van der Waals surface area contributed by atoms with Gasteiger partial charge in [-0.1, -0.05) is 0 Å². The Morgan fingerprint density at radius 1 is 0.203 bits per heavy atom. The summed E-state index contributed by atoms with van der Waals surface area (Å²) in [6.45, 7) is 0. The van der Waals surface area contributed by atoms with Gasteiger partial charge in [0, 0.05) is 38.9 Å². The monoisotopic (exact) mass is 1850 g/mol. The fourth-order valence-electron chi connectivity index (χ4n) is 14.3. The number of hydrogen-bond acceptors (Lipinski definition) is 50. The molecule has 133 heavy (non-hydrogen) atoms. The second-order valence-electron chi connectivity index (χ2n) is 28.5. The van der Waals surface area contributed by atoms with E-state index in [-0.39, 0.29) is 48.5 Å². The van der Waals surface area contributed by atoms with Crippen LogP contribution < -0.4 is 0 Å². The standard InChI is InChI=1S/C83H56O50/c84-34-1-23(2-35(85)56(34)106)67(117)78(68(118)24-3-36(86)57(107)37(87)4-24,129-74(124)30-15-48(98)63(113)49(99)16-30)80(70(120)26-7-40(90)59(109)41(91)8-26)82(72(122)28-11-44(94)61(111)45(95)12-28,131-76(126)32-19-52(102)65(115)53(103)20-32)81(71(121)27-9-42(92)60(110)43(93)10-27,130-75(125)31-17-50(100)64(114)51(101)18-31)79(128,69(119)25-5-38(88)58(108)39(89)6-25)83(133-80,73(123)29-13-46(96)62(112)47(97)14-29)132-77(127)33-21-54(104)66(116)55(105)22-33/h1-22,84-116,128H. The molecule has 0 spiro atoms. The van der Waals surface area contributed by atoms with Crippen LogP contribution in [0.25, 0.3) is 0 Å². The van der Waals surface area contributed by atoms with Crippen molar-refractivity contribution in [2.45, 2.75) is 33.8 Å². The largest absolute Gasteiger partial charge is 0.504 e. The van der Waals surface area contributed by atoms with E-state index in [0.29, 0.717) is 0 Å². The highest BCUT2D eigenvalue weighted by molar-refractivity contribution is 6.35. The summed E-state index contributed by atoms with van der Waals surface area (Å²) >= 11 is 0. The predicted molar refractivity (Wildman–Crippen MR) is 417 cm³/mol. The van der Waals surface area contributed by atoms with E-state index in [9.17, 15) is 169 Å². The predicted octanol–water partition coefficient (Wildman–Crippen LogP) is 3.29. The third kappa shape index (κ3) is 13.9. The maximum absolute atomic E-state index is 19.4. The second kappa shape index (κ2) is 32.1. The molecule has 50 heteroatoms. The SMILES string of the molecule is O=C(OC1(C(=O)c2cc(O)c(O)c(O)c2)OC(C(=O)c2cc(O)c(O)c(O)c2)(C(OC(=O)c2cc(O)c(O)c(O)c2)(C(=O)c2cc(O)c(O)c(O)c2)C(=O)c2cc(O)c(O)c(O)c2)C(OC(=O)c2cc(O)c(O)c(O)c2)(C(=O)c2cc(O)c(O)c(O)c2)C(OC(=O)c2cc(O)c(O)c(O)c2)(C(=O)c2cc(O)c(O)c(O)c2)C1(O)C(=O)c1cc(O)c(O)c(O)c1)c1cc(O)c(O)c(O)c1. The zero-order chi connectivity index (χ0) is 98.8. The molecule has 1 aliphatic rings. The van der Waals surface area contributed by atoms with Gasteiger partial charge in [0.25, 0.3) is 22.4 Å². The lowest BCUT2D eigenvalue weighted by atomic mass is 9.46. The van der Waals surface area contributed by atoms with Crippen molar-refractivity contribution >= 4 is 64.4 Å². The van der Waals surface area contributed by atoms with E-state index in [4.69, 9.17) is 23.7 Å². The first-order chi connectivity index (χ1) is 61.9. The average molecular weight is 1850 g/mol. The van der Waals surface area contributed by atoms with E-state index in [1.165, 1.54) is 0 Å². The van der Waals surface area contributed by atoms with Crippen LogP contribution in [0.4, 0.5) is 0 Å². The number of ketones is 7. The molecule has 50 nitrogen and oxygen atoms in total. The third-order valence-electron chi connectivity index (χ3n) is 20.5. The minimum absolute atomic E-state index is 0.255. The average Bonchev–Trinajstić information content (AvgIpc) is 0.621. The minimum Gasteiger partial charge on any atom is -0.504 e. The number of carbonyl (C=O) groups is 11. The van der Waals surface area contributed by atoms with Crippen LogP contribution in [0.15, 0.2) is 133 Å². The number of ether oxygens (including phenoxy) is 5. The molecular weight excluding hydrogens is 1800 g/mol. The quantitative estimate of drug-likeness (QED) is 0.0144. The van der Waals surface area contributed by atoms with Crippen LogP contribution in [0.2, 0.25) is 0 Å². The first-order valence-electron chi connectivity index (χ1n) is 35.8. The van der Waals surface area contributed by atoms with E-state index in [1.807, 2.05) is 0 Å². The molecule has 34 N–H and O–H groups in total. The van der Waals surface area contributed by atoms with Crippen molar-refractivity contribution in [3.05, 3.63) is 195 Å². The normalized spacial score (nSPS) is 17.5. The molecule has 0 amide bonds.